The van der Waals surface area contributed by atoms with Crippen molar-refractivity contribution in [3.63, 3.8) is 0 Å². The van der Waals surface area contributed by atoms with Crippen LogP contribution < -0.4 is 5.32 Å². The lowest BCUT2D eigenvalue weighted by atomic mass is 10.0. The van der Waals surface area contributed by atoms with Crippen molar-refractivity contribution in [2.24, 2.45) is 0 Å². The highest BCUT2D eigenvalue weighted by Gasteiger charge is 2.27. The summed E-state index contributed by atoms with van der Waals surface area (Å²) >= 11 is 1.67. The summed E-state index contributed by atoms with van der Waals surface area (Å²) in [6, 6.07) is 14.3. The van der Waals surface area contributed by atoms with Gasteiger partial charge in [-0.2, -0.15) is 0 Å². The summed E-state index contributed by atoms with van der Waals surface area (Å²) in [6.07, 6.45) is 0. The molecule has 1 atom stereocenters. The number of rotatable bonds is 8. The van der Waals surface area contributed by atoms with Crippen LogP contribution in [0.5, 0.6) is 0 Å². The van der Waals surface area contributed by atoms with Gasteiger partial charge in [0.2, 0.25) is 5.78 Å². The molecule has 0 bridgehead atoms. The second-order valence-corrected chi connectivity index (χ2v) is 7.59. The smallest absolute Gasteiger partial charge is 0.340 e. The summed E-state index contributed by atoms with van der Waals surface area (Å²) in [7, 11) is 0. The van der Waals surface area contributed by atoms with E-state index in [-0.39, 0.29) is 25.0 Å². The summed E-state index contributed by atoms with van der Waals surface area (Å²) in [5, 5.41) is 4.07. The number of benzene rings is 1. The van der Waals surface area contributed by atoms with Crippen molar-refractivity contribution in [3.8, 4) is 0 Å². The van der Waals surface area contributed by atoms with Crippen LogP contribution in [0.3, 0.4) is 0 Å². The highest BCUT2D eigenvalue weighted by atomic mass is 32.1. The minimum absolute atomic E-state index is 0.0385. The maximum Gasteiger partial charge on any atom is 0.340 e. The fourth-order valence-corrected chi connectivity index (χ4v) is 4.31. The highest BCUT2D eigenvalue weighted by molar-refractivity contribution is 7.10. The van der Waals surface area contributed by atoms with Crippen LogP contribution in [-0.4, -0.2) is 29.9 Å². The number of thiophene rings is 1. The van der Waals surface area contributed by atoms with Gasteiger partial charge in [0, 0.05) is 17.0 Å². The lowest BCUT2D eigenvalue weighted by Crippen LogP contribution is -2.87. The zero-order valence-corrected chi connectivity index (χ0v) is 17.1. The zero-order chi connectivity index (χ0) is 20.1. The number of carbonyl (C=O) groups is 2. The number of hydrogen-bond acceptors (Lipinski definition) is 4. The van der Waals surface area contributed by atoms with E-state index in [2.05, 4.69) is 23.2 Å². The Bertz CT molecular complexity index is 946. The van der Waals surface area contributed by atoms with E-state index in [1.807, 2.05) is 41.9 Å². The van der Waals surface area contributed by atoms with Crippen molar-refractivity contribution in [1.29, 1.82) is 0 Å². The number of nitrogens with two attached hydrogens (primary N) is 1. The molecular weight excluding hydrogens is 372 g/mol. The molecule has 28 heavy (non-hydrogen) atoms. The first-order chi connectivity index (χ1) is 13.5. The Morgan fingerprint density at radius 2 is 1.79 bits per heavy atom. The number of nitrogens with one attached hydrogen (secondary N) is 1. The van der Waals surface area contributed by atoms with Gasteiger partial charge in [0.1, 0.15) is 12.6 Å². The molecule has 0 amide bonds. The highest BCUT2D eigenvalue weighted by Crippen LogP contribution is 2.23. The van der Waals surface area contributed by atoms with Gasteiger partial charge in [-0.15, -0.1) is 11.3 Å². The Balaban J connectivity index is 1.84. The van der Waals surface area contributed by atoms with E-state index in [0.29, 0.717) is 22.5 Å². The lowest BCUT2D eigenvalue weighted by Gasteiger charge is -2.14. The van der Waals surface area contributed by atoms with Gasteiger partial charge >= 0.3 is 5.97 Å². The number of ether oxygens (including phenoxy) is 1. The molecule has 0 aliphatic rings. The van der Waals surface area contributed by atoms with Crippen LogP contribution in [0, 0.1) is 13.8 Å². The number of aromatic amines is 1. The van der Waals surface area contributed by atoms with Crippen molar-refractivity contribution in [2.45, 2.75) is 26.8 Å². The van der Waals surface area contributed by atoms with Crippen LogP contribution in [-0.2, 0) is 4.74 Å². The molecule has 6 heteroatoms. The number of aryl methyl sites for hydroxylation is 2. The van der Waals surface area contributed by atoms with E-state index in [0.717, 1.165) is 5.56 Å². The van der Waals surface area contributed by atoms with E-state index in [1.165, 1.54) is 4.88 Å². The first-order valence-corrected chi connectivity index (χ1v) is 10.2. The number of aromatic nitrogens is 1. The van der Waals surface area contributed by atoms with Crippen LogP contribution in [0.4, 0.5) is 0 Å². The molecule has 0 fully saturated rings. The van der Waals surface area contributed by atoms with Crippen molar-refractivity contribution in [1.82, 2.24) is 4.98 Å². The molecule has 0 saturated carbocycles. The average molecular weight is 398 g/mol. The van der Waals surface area contributed by atoms with Crippen LogP contribution in [0.15, 0.2) is 47.8 Å². The number of H-pyrrole nitrogens is 1. The van der Waals surface area contributed by atoms with Gasteiger partial charge in [-0.1, -0.05) is 36.4 Å². The quantitative estimate of drug-likeness (QED) is 0.452. The Kier molecular flexibility index (Phi) is 6.44. The number of hydrogen-bond donors (Lipinski definition) is 2. The number of esters is 1. The van der Waals surface area contributed by atoms with Gasteiger partial charge in [0.25, 0.3) is 0 Å². The van der Waals surface area contributed by atoms with E-state index >= 15 is 0 Å². The van der Waals surface area contributed by atoms with E-state index in [4.69, 9.17) is 4.74 Å². The molecular formula is C22H25N2O3S+. The fourth-order valence-electron chi connectivity index (χ4n) is 3.46. The molecule has 2 aromatic heterocycles. The average Bonchev–Trinajstić information content (AvgIpc) is 3.30. The molecule has 3 rings (SSSR count). The van der Waals surface area contributed by atoms with E-state index in [9.17, 15) is 9.59 Å². The third-order valence-electron chi connectivity index (χ3n) is 4.68. The van der Waals surface area contributed by atoms with Gasteiger partial charge in [-0.3, -0.25) is 4.79 Å². The Morgan fingerprint density at radius 3 is 2.43 bits per heavy atom. The molecule has 1 aromatic carbocycles. The summed E-state index contributed by atoms with van der Waals surface area (Å²) in [4.78, 5) is 29.7. The monoisotopic (exact) mass is 397 g/mol. The van der Waals surface area contributed by atoms with Crippen molar-refractivity contribution >= 4 is 23.1 Å². The molecule has 146 valence electrons. The maximum absolute atomic E-state index is 13.1. The van der Waals surface area contributed by atoms with Crippen molar-refractivity contribution in [2.75, 3.05) is 13.2 Å². The minimum Gasteiger partial charge on any atom is -0.462 e. The van der Waals surface area contributed by atoms with Gasteiger partial charge in [0.15, 0.2) is 0 Å². The third-order valence-corrected chi connectivity index (χ3v) is 5.64. The predicted molar refractivity (Wildman–Crippen MR) is 110 cm³/mol. The number of carbonyl (C=O) groups excluding carboxylic acids is 2. The van der Waals surface area contributed by atoms with Crippen LogP contribution in [0.2, 0.25) is 0 Å². The Labute approximate surface area is 168 Å². The number of Topliss-reactive ketones (excluding diaryl/α,β-unsaturated/α-hetero) is 1. The Morgan fingerprint density at radius 1 is 1.07 bits per heavy atom. The van der Waals surface area contributed by atoms with Crippen LogP contribution in [0.25, 0.3) is 0 Å². The van der Waals surface area contributed by atoms with Gasteiger partial charge in [-0.25, -0.2) is 4.79 Å². The molecule has 3 aromatic rings. The third kappa shape index (κ3) is 4.24. The Hall–Kier alpha value is -2.70. The molecule has 0 aliphatic heterocycles. The van der Waals surface area contributed by atoms with E-state index in [1.54, 1.807) is 25.2 Å². The normalized spacial score (nSPS) is 12.0. The molecule has 0 aliphatic carbocycles. The molecule has 0 unspecified atom stereocenters. The first kappa shape index (κ1) is 20.0. The molecule has 2 heterocycles. The maximum atomic E-state index is 13.1. The van der Waals surface area contributed by atoms with Crippen molar-refractivity contribution in [3.05, 3.63) is 80.8 Å². The van der Waals surface area contributed by atoms with Crippen LogP contribution in [0.1, 0.15) is 55.5 Å². The standard InChI is InChI=1S/C22H24N2O3S/c1-4-27-22(26)20-15(3)24-14(2)19(20)17(25)13-23-21(18-11-8-12-28-18)16-9-6-5-7-10-16/h5-12,21,23-24H,4,13H2,1-3H3/p+1/t21-/m0/s1. The number of quaternary nitrogens is 1. The van der Waals surface area contributed by atoms with E-state index < -0.39 is 5.97 Å². The fraction of sp³-hybridized carbons (Fsp3) is 0.273. The van der Waals surface area contributed by atoms with Crippen LogP contribution >= 0.6 is 11.3 Å². The molecule has 0 radical (unpaired) electrons. The number of ketones is 1. The SMILES string of the molecule is CCOC(=O)c1c(C)[nH]c(C)c1C(=O)C[NH2+][C@@H](c1ccccc1)c1cccs1. The van der Waals surface area contributed by atoms with Gasteiger partial charge in [0.05, 0.1) is 22.6 Å². The topological polar surface area (TPSA) is 75.8 Å². The molecule has 5 nitrogen and oxygen atoms in total. The molecule has 3 N–H and O–H groups in total. The second-order valence-electron chi connectivity index (χ2n) is 6.61. The van der Waals surface area contributed by atoms with Gasteiger partial charge < -0.3 is 15.0 Å². The zero-order valence-electron chi connectivity index (χ0n) is 16.3. The summed E-state index contributed by atoms with van der Waals surface area (Å²) < 4.78 is 5.15. The largest absolute Gasteiger partial charge is 0.462 e. The molecule has 0 spiro atoms. The predicted octanol–water partition coefficient (Wildman–Crippen LogP) is 3.41. The second kappa shape index (κ2) is 8.99. The summed E-state index contributed by atoms with van der Waals surface area (Å²) in [6.45, 7) is 5.88. The molecule has 0 saturated heterocycles. The van der Waals surface area contributed by atoms with Crippen molar-refractivity contribution < 1.29 is 19.6 Å². The summed E-state index contributed by atoms with van der Waals surface area (Å²) in [5.41, 5.74) is 3.30. The minimum atomic E-state index is -0.453. The van der Waals surface area contributed by atoms with Gasteiger partial charge in [-0.05, 0) is 32.2 Å². The lowest BCUT2D eigenvalue weighted by molar-refractivity contribution is -0.675. The first-order valence-electron chi connectivity index (χ1n) is 9.34. The summed E-state index contributed by atoms with van der Waals surface area (Å²) in [5.74, 6) is -0.534.